The van der Waals surface area contributed by atoms with E-state index in [4.69, 9.17) is 14.0 Å². The van der Waals surface area contributed by atoms with Gasteiger partial charge in [0.15, 0.2) is 6.10 Å². The zero-order valence-corrected chi connectivity index (χ0v) is 26.2. The molecule has 0 radical (unpaired) electrons. The molecular weight excluding hydrogens is 595 g/mol. The number of fused-ring (bicyclic) bond motifs is 2. The molecule has 2 aliphatic heterocycles. The van der Waals surface area contributed by atoms with E-state index in [-0.39, 0.29) is 11.2 Å². The van der Waals surface area contributed by atoms with Gasteiger partial charge in [0, 0.05) is 10.4 Å². The Morgan fingerprint density at radius 3 is 2.42 bits per heavy atom. The fourth-order valence-electron chi connectivity index (χ4n) is 6.76. The van der Waals surface area contributed by atoms with Gasteiger partial charge in [-0.15, -0.1) is 11.3 Å². The Kier molecular flexibility index (Phi) is 7.17. The minimum Gasteiger partial charge on any atom is -0.465 e. The number of rotatable bonds is 5. The van der Waals surface area contributed by atoms with Gasteiger partial charge in [0.2, 0.25) is 5.91 Å². The summed E-state index contributed by atoms with van der Waals surface area (Å²) >= 11 is 1.33. The van der Waals surface area contributed by atoms with Crippen molar-refractivity contribution in [1.82, 2.24) is 0 Å². The summed E-state index contributed by atoms with van der Waals surface area (Å²) in [4.78, 5) is 50.2. The number of esters is 1. The summed E-state index contributed by atoms with van der Waals surface area (Å²) in [5.41, 5.74) is 2.54. The van der Waals surface area contributed by atoms with Gasteiger partial charge in [0.1, 0.15) is 34.3 Å². The summed E-state index contributed by atoms with van der Waals surface area (Å²) in [6.07, 6.45) is 1.20. The van der Waals surface area contributed by atoms with Gasteiger partial charge in [-0.2, -0.15) is 0 Å². The SMILES string of the molecule is COC(=O)c1c(N2C(=O)[C@@H]3[C@H](ON(c4ccccc4)[C@H]3c3ccc(-c4ccc(F)cc4)o3)C2=O)sc2c1CC[C@H](C(C)(C)C)C2. The van der Waals surface area contributed by atoms with E-state index in [1.807, 2.05) is 30.3 Å². The second-order valence-electron chi connectivity index (χ2n) is 12.9. The molecule has 4 atom stereocenters. The van der Waals surface area contributed by atoms with E-state index >= 15 is 0 Å². The lowest BCUT2D eigenvalue weighted by Gasteiger charge is -2.33. The summed E-state index contributed by atoms with van der Waals surface area (Å²) in [6, 6.07) is 17.9. The minimum absolute atomic E-state index is 0.0708. The molecule has 0 spiro atoms. The van der Waals surface area contributed by atoms with E-state index in [2.05, 4.69) is 20.8 Å². The van der Waals surface area contributed by atoms with Crippen LogP contribution in [0.3, 0.4) is 0 Å². The molecule has 4 aromatic rings. The Balaban J connectivity index is 1.29. The van der Waals surface area contributed by atoms with Crippen molar-refractivity contribution in [1.29, 1.82) is 0 Å². The van der Waals surface area contributed by atoms with Crippen molar-refractivity contribution in [3.63, 3.8) is 0 Å². The molecule has 2 amide bonds. The lowest BCUT2D eigenvalue weighted by molar-refractivity contribution is -0.126. The number of anilines is 2. The summed E-state index contributed by atoms with van der Waals surface area (Å²) in [7, 11) is 1.31. The van der Waals surface area contributed by atoms with Crippen LogP contribution in [0.2, 0.25) is 0 Å². The highest BCUT2D eigenvalue weighted by Gasteiger charge is 2.62. The maximum Gasteiger partial charge on any atom is 0.341 e. The smallest absolute Gasteiger partial charge is 0.341 e. The van der Waals surface area contributed by atoms with Crippen LogP contribution in [0.5, 0.6) is 0 Å². The number of carbonyl (C=O) groups excluding carboxylic acids is 3. The van der Waals surface area contributed by atoms with Gasteiger partial charge >= 0.3 is 5.97 Å². The highest BCUT2D eigenvalue weighted by molar-refractivity contribution is 7.17. The predicted octanol–water partition coefficient (Wildman–Crippen LogP) is 7.14. The molecule has 0 unspecified atom stereocenters. The lowest BCUT2D eigenvalue weighted by atomic mass is 9.72. The molecule has 10 heteroatoms. The van der Waals surface area contributed by atoms with Crippen LogP contribution >= 0.6 is 11.3 Å². The normalized spacial score (nSPS) is 23.0. The number of thiophene rings is 1. The number of hydroxylamine groups is 1. The van der Waals surface area contributed by atoms with Crippen molar-refractivity contribution < 1.29 is 32.8 Å². The first-order valence-corrected chi connectivity index (χ1v) is 15.9. The first-order valence-electron chi connectivity index (χ1n) is 15.0. The van der Waals surface area contributed by atoms with E-state index in [9.17, 15) is 18.8 Å². The monoisotopic (exact) mass is 628 g/mol. The Labute approximate surface area is 264 Å². The molecule has 3 aliphatic rings. The first-order chi connectivity index (χ1) is 21.6. The highest BCUT2D eigenvalue weighted by atomic mass is 32.1. The van der Waals surface area contributed by atoms with Crippen molar-refractivity contribution >= 4 is 39.8 Å². The quantitative estimate of drug-likeness (QED) is 0.172. The number of hydrogen-bond acceptors (Lipinski definition) is 8. The number of amides is 2. The average Bonchev–Trinajstić information content (AvgIpc) is 3.79. The van der Waals surface area contributed by atoms with Gasteiger partial charge in [0.05, 0.1) is 18.4 Å². The second kappa shape index (κ2) is 11.0. The number of para-hydroxylation sites is 1. The number of halogens is 1. The largest absolute Gasteiger partial charge is 0.465 e. The molecule has 4 heterocycles. The van der Waals surface area contributed by atoms with Crippen LogP contribution in [-0.2, 0) is 32.0 Å². The zero-order valence-electron chi connectivity index (χ0n) is 25.4. The minimum atomic E-state index is -1.13. The standard InChI is InChI=1S/C35H33FN2O6S/c1-35(2,3)20-12-15-23-26(18-20)45-33(27(23)34(41)42-4)37-31(39)28-29(25-17-16-24(43-25)19-10-13-21(36)14-11-19)38(44-30(28)32(37)40)22-8-6-5-7-9-22/h5-11,13-14,16-17,20,28-30H,12,15,18H2,1-4H3/t20-,28-,29-,30-/m0/s1. The van der Waals surface area contributed by atoms with Crippen molar-refractivity contribution in [3.05, 3.63) is 94.3 Å². The van der Waals surface area contributed by atoms with Crippen LogP contribution in [0.1, 0.15) is 59.8 Å². The van der Waals surface area contributed by atoms with Crippen LogP contribution in [0, 0.1) is 23.1 Å². The number of imide groups is 1. The maximum atomic E-state index is 14.4. The molecule has 2 aromatic carbocycles. The Morgan fingerprint density at radius 1 is 1.00 bits per heavy atom. The van der Waals surface area contributed by atoms with E-state index < -0.39 is 35.8 Å². The van der Waals surface area contributed by atoms with Crippen molar-refractivity contribution in [2.45, 2.75) is 52.2 Å². The topological polar surface area (TPSA) is 89.3 Å². The van der Waals surface area contributed by atoms with Crippen LogP contribution in [0.25, 0.3) is 11.3 Å². The van der Waals surface area contributed by atoms with Crippen LogP contribution in [-0.4, -0.2) is 31.0 Å². The molecule has 7 rings (SSSR count). The van der Waals surface area contributed by atoms with Crippen molar-refractivity contribution in [2.24, 2.45) is 17.3 Å². The summed E-state index contributed by atoms with van der Waals surface area (Å²) in [5.74, 6) is -1.57. The summed E-state index contributed by atoms with van der Waals surface area (Å²) < 4.78 is 25.0. The first kappa shape index (κ1) is 29.4. The molecule has 2 saturated heterocycles. The second-order valence-corrected chi connectivity index (χ2v) is 13.9. The molecule has 232 valence electrons. The number of carbonyl (C=O) groups is 3. The molecule has 0 saturated carbocycles. The molecule has 45 heavy (non-hydrogen) atoms. The van der Waals surface area contributed by atoms with E-state index in [0.29, 0.717) is 45.7 Å². The number of hydrogen-bond donors (Lipinski definition) is 0. The number of benzene rings is 2. The van der Waals surface area contributed by atoms with Gasteiger partial charge in [-0.05, 0) is 84.7 Å². The Morgan fingerprint density at radius 2 is 1.73 bits per heavy atom. The van der Waals surface area contributed by atoms with E-state index in [1.165, 1.54) is 30.6 Å². The molecule has 8 nitrogen and oxygen atoms in total. The Bertz CT molecular complexity index is 1790. The third-order valence-corrected chi connectivity index (χ3v) is 10.5. The van der Waals surface area contributed by atoms with Crippen molar-refractivity contribution in [3.8, 4) is 11.3 Å². The molecule has 2 fully saturated rings. The van der Waals surface area contributed by atoms with Crippen LogP contribution in [0.4, 0.5) is 15.1 Å². The molecule has 0 bridgehead atoms. The van der Waals surface area contributed by atoms with Crippen molar-refractivity contribution in [2.75, 3.05) is 17.1 Å². The number of ether oxygens (including phenoxy) is 1. The highest BCUT2D eigenvalue weighted by Crippen LogP contribution is 2.52. The van der Waals surface area contributed by atoms with Gasteiger partial charge < -0.3 is 9.15 Å². The van der Waals surface area contributed by atoms with E-state index in [1.54, 1.807) is 29.3 Å². The average molecular weight is 629 g/mol. The van der Waals surface area contributed by atoms with Crippen LogP contribution < -0.4 is 9.96 Å². The third-order valence-electron chi connectivity index (χ3n) is 9.24. The number of methoxy groups -OCH3 is 1. The maximum absolute atomic E-state index is 14.4. The predicted molar refractivity (Wildman–Crippen MR) is 167 cm³/mol. The van der Waals surface area contributed by atoms with Crippen LogP contribution in [0.15, 0.2) is 71.1 Å². The summed E-state index contributed by atoms with van der Waals surface area (Å²) in [5, 5.41) is 1.86. The van der Waals surface area contributed by atoms with Gasteiger partial charge in [0.25, 0.3) is 5.91 Å². The Hall–Kier alpha value is -4.28. The van der Waals surface area contributed by atoms with Gasteiger partial charge in [-0.25, -0.2) is 19.1 Å². The number of furan rings is 1. The van der Waals surface area contributed by atoms with Gasteiger partial charge in [-0.3, -0.25) is 14.4 Å². The molecule has 2 aromatic heterocycles. The lowest BCUT2D eigenvalue weighted by Crippen LogP contribution is -2.37. The fourth-order valence-corrected chi connectivity index (χ4v) is 8.19. The molecular formula is C35H33FN2O6S. The van der Waals surface area contributed by atoms with E-state index in [0.717, 1.165) is 28.2 Å². The zero-order chi connectivity index (χ0) is 31.6. The molecule has 0 N–H and O–H groups in total. The number of nitrogens with zero attached hydrogens (tertiary/aromatic N) is 2. The van der Waals surface area contributed by atoms with Gasteiger partial charge in [-0.1, -0.05) is 39.0 Å². The molecule has 1 aliphatic carbocycles. The fraction of sp³-hybridized carbons (Fsp3) is 0.343. The third kappa shape index (κ3) is 4.87. The summed E-state index contributed by atoms with van der Waals surface area (Å²) in [6.45, 7) is 6.62.